The Morgan fingerprint density at radius 2 is 1.83 bits per heavy atom. The Labute approximate surface area is 133 Å². The van der Waals surface area contributed by atoms with Crippen molar-refractivity contribution in [3.63, 3.8) is 0 Å². The average Bonchev–Trinajstić information content (AvgIpc) is 2.92. The second kappa shape index (κ2) is 6.89. The lowest BCUT2D eigenvalue weighted by atomic mass is 10.1. The quantitative estimate of drug-likeness (QED) is 0.686. The van der Waals surface area contributed by atoms with Crippen LogP contribution in [-0.4, -0.2) is 22.8 Å². The van der Waals surface area contributed by atoms with Crippen molar-refractivity contribution in [3.8, 4) is 0 Å². The maximum atomic E-state index is 14.2. The maximum absolute atomic E-state index is 14.2. The van der Waals surface area contributed by atoms with Gasteiger partial charge in [-0.1, -0.05) is 12.1 Å². The Hall–Kier alpha value is -2.24. The van der Waals surface area contributed by atoms with Crippen LogP contribution in [0.25, 0.3) is 10.9 Å². The molecule has 2 aromatic carbocycles. The Morgan fingerprint density at radius 1 is 1.04 bits per heavy atom. The summed E-state index contributed by atoms with van der Waals surface area (Å²) >= 11 is 0. The van der Waals surface area contributed by atoms with Gasteiger partial charge in [0.15, 0.2) is 0 Å². The van der Waals surface area contributed by atoms with Crippen molar-refractivity contribution in [1.82, 2.24) is 9.88 Å². The smallest absolute Gasteiger partial charge is 0.129 e. The van der Waals surface area contributed by atoms with Crippen LogP contribution < -0.4 is 5.32 Å². The van der Waals surface area contributed by atoms with E-state index in [1.165, 1.54) is 18.2 Å². The Kier molecular flexibility index (Phi) is 4.69. The topological polar surface area (TPSA) is 37.2 Å². The van der Waals surface area contributed by atoms with E-state index in [-0.39, 0.29) is 18.2 Å². The number of hydrogen-bond donors (Lipinski definition) is 2. The summed E-state index contributed by atoms with van der Waals surface area (Å²) in [4.78, 5) is 0. The summed E-state index contributed by atoms with van der Waals surface area (Å²) in [7, 11) is 0. The van der Waals surface area contributed by atoms with Crippen molar-refractivity contribution in [2.75, 3.05) is 13.2 Å². The van der Waals surface area contributed by atoms with Gasteiger partial charge in [0.2, 0.25) is 0 Å². The van der Waals surface area contributed by atoms with E-state index >= 15 is 0 Å². The Morgan fingerprint density at radius 3 is 2.57 bits per heavy atom. The van der Waals surface area contributed by atoms with Crippen LogP contribution in [0.1, 0.15) is 11.1 Å². The molecule has 2 N–H and O–H groups in total. The highest BCUT2D eigenvalue weighted by atomic mass is 19.1. The van der Waals surface area contributed by atoms with Gasteiger partial charge in [0.25, 0.3) is 0 Å². The highest BCUT2D eigenvalue weighted by molar-refractivity contribution is 5.81. The van der Waals surface area contributed by atoms with E-state index in [0.29, 0.717) is 25.2 Å². The standard InChI is InChI=1S/C18H18F2N2O/c19-16-3-1-13(2-4-16)12-22-7-5-14-9-15(11-21-6-8-23)17(20)10-18(14)22/h1-5,7,9-10,21,23H,6,8,11-12H2. The van der Waals surface area contributed by atoms with Gasteiger partial charge in [-0.05, 0) is 35.9 Å². The Balaban J connectivity index is 1.85. The van der Waals surface area contributed by atoms with Crippen molar-refractivity contribution >= 4 is 10.9 Å². The molecule has 120 valence electrons. The fourth-order valence-corrected chi connectivity index (χ4v) is 2.62. The van der Waals surface area contributed by atoms with Gasteiger partial charge >= 0.3 is 0 Å². The molecule has 0 bridgehead atoms. The molecule has 0 aliphatic rings. The SMILES string of the molecule is OCCNCc1cc2ccn(Cc3ccc(F)cc3)c2cc1F. The molecule has 0 aliphatic carbocycles. The normalized spacial score (nSPS) is 11.3. The van der Waals surface area contributed by atoms with Crippen molar-refractivity contribution in [1.29, 1.82) is 0 Å². The molecule has 0 atom stereocenters. The molecule has 0 fully saturated rings. The first-order valence-electron chi connectivity index (χ1n) is 7.50. The molecule has 3 aromatic rings. The van der Waals surface area contributed by atoms with E-state index in [2.05, 4.69) is 5.32 Å². The number of aliphatic hydroxyl groups is 1. The monoisotopic (exact) mass is 316 g/mol. The van der Waals surface area contributed by atoms with Crippen LogP contribution in [0.3, 0.4) is 0 Å². The highest BCUT2D eigenvalue weighted by Gasteiger charge is 2.08. The minimum atomic E-state index is -0.276. The average molecular weight is 316 g/mol. The summed E-state index contributed by atoms with van der Waals surface area (Å²) in [5.74, 6) is -0.542. The number of nitrogens with zero attached hydrogens (tertiary/aromatic N) is 1. The van der Waals surface area contributed by atoms with Gasteiger partial charge in [0.1, 0.15) is 11.6 Å². The number of halogens is 2. The third-order valence-electron chi connectivity index (χ3n) is 3.81. The molecule has 3 rings (SSSR count). The summed E-state index contributed by atoms with van der Waals surface area (Å²) in [6, 6.07) is 11.6. The molecule has 0 radical (unpaired) electrons. The van der Waals surface area contributed by atoms with Crippen molar-refractivity contribution < 1.29 is 13.9 Å². The summed E-state index contributed by atoms with van der Waals surface area (Å²) in [5.41, 5.74) is 2.33. The maximum Gasteiger partial charge on any atom is 0.129 e. The molecule has 5 heteroatoms. The number of aromatic nitrogens is 1. The first-order valence-corrected chi connectivity index (χ1v) is 7.50. The van der Waals surface area contributed by atoms with E-state index in [1.54, 1.807) is 12.1 Å². The van der Waals surface area contributed by atoms with Gasteiger partial charge < -0.3 is 15.0 Å². The van der Waals surface area contributed by atoms with Gasteiger partial charge in [0, 0.05) is 36.8 Å². The molecule has 0 saturated heterocycles. The summed E-state index contributed by atoms with van der Waals surface area (Å²) in [5, 5.41) is 12.7. The fraction of sp³-hybridized carbons (Fsp3) is 0.222. The van der Waals surface area contributed by atoms with Crippen LogP contribution in [0, 0.1) is 11.6 Å². The number of rotatable bonds is 6. The number of aliphatic hydroxyl groups excluding tert-OH is 1. The summed E-state index contributed by atoms with van der Waals surface area (Å²) in [6.07, 6.45) is 1.90. The molecule has 0 unspecified atom stereocenters. The minimum Gasteiger partial charge on any atom is -0.395 e. The molecule has 23 heavy (non-hydrogen) atoms. The minimum absolute atomic E-state index is 0.0257. The molecular formula is C18H18F2N2O. The van der Waals surface area contributed by atoms with E-state index < -0.39 is 0 Å². The first kappa shape index (κ1) is 15.6. The van der Waals surface area contributed by atoms with Crippen molar-refractivity contribution in [3.05, 3.63) is 71.4 Å². The van der Waals surface area contributed by atoms with Crippen molar-refractivity contribution in [2.45, 2.75) is 13.1 Å². The molecule has 0 amide bonds. The highest BCUT2D eigenvalue weighted by Crippen LogP contribution is 2.22. The largest absolute Gasteiger partial charge is 0.395 e. The van der Waals surface area contributed by atoms with Gasteiger partial charge in [-0.2, -0.15) is 0 Å². The first-order chi connectivity index (χ1) is 11.2. The van der Waals surface area contributed by atoms with E-state index in [0.717, 1.165) is 16.5 Å². The van der Waals surface area contributed by atoms with Crippen LogP contribution in [0.5, 0.6) is 0 Å². The molecule has 1 heterocycles. The molecule has 3 nitrogen and oxygen atoms in total. The predicted molar refractivity (Wildman–Crippen MR) is 86.2 cm³/mol. The van der Waals surface area contributed by atoms with Gasteiger partial charge in [-0.25, -0.2) is 8.78 Å². The number of benzene rings is 2. The van der Waals surface area contributed by atoms with Crippen LogP contribution in [0.4, 0.5) is 8.78 Å². The molecular weight excluding hydrogens is 298 g/mol. The predicted octanol–water partition coefficient (Wildman–Crippen LogP) is 3.05. The lowest BCUT2D eigenvalue weighted by molar-refractivity contribution is 0.291. The third-order valence-corrected chi connectivity index (χ3v) is 3.81. The molecule has 0 aliphatic heterocycles. The van der Waals surface area contributed by atoms with Crippen LogP contribution in [-0.2, 0) is 13.1 Å². The van der Waals surface area contributed by atoms with Gasteiger partial charge in [-0.3, -0.25) is 0 Å². The lowest BCUT2D eigenvalue weighted by Gasteiger charge is -2.08. The van der Waals surface area contributed by atoms with E-state index in [9.17, 15) is 8.78 Å². The van der Waals surface area contributed by atoms with Crippen LogP contribution in [0.2, 0.25) is 0 Å². The summed E-state index contributed by atoms with van der Waals surface area (Å²) in [6.45, 7) is 1.40. The molecule has 0 saturated carbocycles. The summed E-state index contributed by atoms with van der Waals surface area (Å²) < 4.78 is 29.1. The zero-order chi connectivity index (χ0) is 16.2. The second-order valence-electron chi connectivity index (χ2n) is 5.47. The van der Waals surface area contributed by atoms with Gasteiger partial charge in [-0.15, -0.1) is 0 Å². The molecule has 1 aromatic heterocycles. The zero-order valence-electron chi connectivity index (χ0n) is 12.6. The number of hydrogen-bond acceptors (Lipinski definition) is 2. The van der Waals surface area contributed by atoms with Crippen LogP contribution >= 0.6 is 0 Å². The molecule has 0 spiro atoms. The van der Waals surface area contributed by atoms with E-state index in [1.807, 2.05) is 22.9 Å². The van der Waals surface area contributed by atoms with E-state index in [4.69, 9.17) is 5.11 Å². The number of nitrogens with one attached hydrogen (secondary N) is 1. The van der Waals surface area contributed by atoms with Crippen LogP contribution in [0.15, 0.2) is 48.7 Å². The van der Waals surface area contributed by atoms with Crippen molar-refractivity contribution in [2.24, 2.45) is 0 Å². The lowest BCUT2D eigenvalue weighted by Crippen LogP contribution is -2.18. The zero-order valence-corrected chi connectivity index (χ0v) is 12.6. The third kappa shape index (κ3) is 3.57. The second-order valence-corrected chi connectivity index (χ2v) is 5.47. The van der Waals surface area contributed by atoms with Gasteiger partial charge in [0.05, 0.1) is 12.1 Å². The fourth-order valence-electron chi connectivity index (χ4n) is 2.62. The number of fused-ring (bicyclic) bond motifs is 1. The Bertz CT molecular complexity index is 797.